The van der Waals surface area contributed by atoms with E-state index in [1.165, 1.54) is 32.4 Å². The summed E-state index contributed by atoms with van der Waals surface area (Å²) in [6.07, 6.45) is 8.68. The standard InChI is InChI=1S/C16H30N2/c1-13(2)15-10-17-16(3,4)12-18(15)11-14-8-6-5-7-9-14/h5-6,13-15,17H,7-12H2,1-4H3. The highest BCUT2D eigenvalue weighted by Gasteiger charge is 2.34. The number of rotatable bonds is 3. The monoisotopic (exact) mass is 250 g/mol. The summed E-state index contributed by atoms with van der Waals surface area (Å²) in [5.41, 5.74) is 0.274. The molecule has 2 heteroatoms. The minimum absolute atomic E-state index is 0.274. The van der Waals surface area contributed by atoms with Gasteiger partial charge in [0.05, 0.1) is 0 Å². The summed E-state index contributed by atoms with van der Waals surface area (Å²) in [5.74, 6) is 1.62. The van der Waals surface area contributed by atoms with Gasteiger partial charge in [-0.05, 0) is 44.9 Å². The number of hydrogen-bond donors (Lipinski definition) is 1. The lowest BCUT2D eigenvalue weighted by atomic mass is 9.89. The second-order valence-electron chi connectivity index (χ2n) is 7.16. The Labute approximate surface area is 113 Å². The summed E-state index contributed by atoms with van der Waals surface area (Å²) < 4.78 is 0. The molecule has 0 aromatic rings. The van der Waals surface area contributed by atoms with Crippen LogP contribution in [0.5, 0.6) is 0 Å². The molecule has 1 aliphatic carbocycles. The summed E-state index contributed by atoms with van der Waals surface area (Å²) in [4.78, 5) is 2.75. The predicted molar refractivity (Wildman–Crippen MR) is 78.8 cm³/mol. The van der Waals surface area contributed by atoms with Crippen molar-refractivity contribution in [2.24, 2.45) is 11.8 Å². The molecule has 18 heavy (non-hydrogen) atoms. The Morgan fingerprint density at radius 1 is 1.33 bits per heavy atom. The zero-order valence-electron chi connectivity index (χ0n) is 12.6. The molecule has 2 nitrogen and oxygen atoms in total. The van der Waals surface area contributed by atoms with Gasteiger partial charge in [-0.2, -0.15) is 0 Å². The van der Waals surface area contributed by atoms with Crippen molar-refractivity contribution in [3.8, 4) is 0 Å². The zero-order chi connectivity index (χ0) is 13.2. The van der Waals surface area contributed by atoms with E-state index in [1.54, 1.807) is 0 Å². The molecular weight excluding hydrogens is 220 g/mol. The quantitative estimate of drug-likeness (QED) is 0.775. The number of piperazine rings is 1. The number of allylic oxidation sites excluding steroid dienone is 2. The van der Waals surface area contributed by atoms with E-state index in [0.717, 1.165) is 18.4 Å². The van der Waals surface area contributed by atoms with Crippen LogP contribution in [0.15, 0.2) is 12.2 Å². The number of nitrogens with one attached hydrogen (secondary N) is 1. The molecule has 0 aromatic heterocycles. The van der Waals surface area contributed by atoms with Crippen molar-refractivity contribution in [3.05, 3.63) is 12.2 Å². The predicted octanol–water partition coefficient (Wildman–Crippen LogP) is 3.05. The maximum atomic E-state index is 3.70. The smallest absolute Gasteiger partial charge is 0.0252 e. The molecule has 1 aliphatic heterocycles. The van der Waals surface area contributed by atoms with Crippen LogP contribution in [0.1, 0.15) is 47.0 Å². The van der Waals surface area contributed by atoms with E-state index in [4.69, 9.17) is 0 Å². The van der Waals surface area contributed by atoms with Crippen molar-refractivity contribution >= 4 is 0 Å². The SMILES string of the molecule is CC(C)C1CNC(C)(C)CN1CC1CC=CCC1. The van der Waals surface area contributed by atoms with Gasteiger partial charge in [-0.3, -0.25) is 4.90 Å². The molecular formula is C16H30N2. The van der Waals surface area contributed by atoms with Crippen LogP contribution in [0.4, 0.5) is 0 Å². The second-order valence-corrected chi connectivity index (χ2v) is 7.16. The lowest BCUT2D eigenvalue weighted by molar-refractivity contribution is 0.0539. The van der Waals surface area contributed by atoms with Gasteiger partial charge in [0.2, 0.25) is 0 Å². The summed E-state index contributed by atoms with van der Waals surface area (Å²) in [5, 5.41) is 3.70. The molecule has 0 aromatic carbocycles. The van der Waals surface area contributed by atoms with Crippen LogP contribution in [0.25, 0.3) is 0 Å². The van der Waals surface area contributed by atoms with Crippen LogP contribution in [-0.4, -0.2) is 36.1 Å². The van der Waals surface area contributed by atoms with Crippen molar-refractivity contribution in [1.82, 2.24) is 10.2 Å². The van der Waals surface area contributed by atoms with Gasteiger partial charge in [-0.25, -0.2) is 0 Å². The van der Waals surface area contributed by atoms with Gasteiger partial charge in [0, 0.05) is 31.2 Å². The van der Waals surface area contributed by atoms with Crippen LogP contribution < -0.4 is 5.32 Å². The summed E-state index contributed by atoms with van der Waals surface area (Å²) >= 11 is 0. The number of hydrogen-bond acceptors (Lipinski definition) is 2. The third-order valence-electron chi connectivity index (χ3n) is 4.50. The van der Waals surface area contributed by atoms with Gasteiger partial charge in [0.25, 0.3) is 0 Å². The molecule has 0 radical (unpaired) electrons. The highest BCUT2D eigenvalue weighted by atomic mass is 15.3. The van der Waals surface area contributed by atoms with Gasteiger partial charge in [-0.15, -0.1) is 0 Å². The zero-order valence-corrected chi connectivity index (χ0v) is 12.6. The summed E-state index contributed by atoms with van der Waals surface area (Å²) in [6, 6.07) is 0.712. The lowest BCUT2D eigenvalue weighted by Crippen LogP contribution is -2.63. The fraction of sp³-hybridized carbons (Fsp3) is 0.875. The van der Waals surface area contributed by atoms with Crippen LogP contribution >= 0.6 is 0 Å². The largest absolute Gasteiger partial charge is 0.309 e. The molecule has 1 heterocycles. The first-order valence-corrected chi connectivity index (χ1v) is 7.62. The topological polar surface area (TPSA) is 15.3 Å². The maximum absolute atomic E-state index is 3.70. The number of nitrogens with zero attached hydrogens (tertiary/aromatic N) is 1. The average Bonchev–Trinajstić information content (AvgIpc) is 2.28. The molecule has 0 bridgehead atoms. The van der Waals surface area contributed by atoms with E-state index >= 15 is 0 Å². The normalized spacial score (nSPS) is 32.9. The molecule has 1 saturated heterocycles. The van der Waals surface area contributed by atoms with E-state index in [0.29, 0.717) is 6.04 Å². The van der Waals surface area contributed by atoms with Crippen molar-refractivity contribution in [2.75, 3.05) is 19.6 Å². The van der Waals surface area contributed by atoms with E-state index in [1.807, 2.05) is 0 Å². The Morgan fingerprint density at radius 3 is 2.72 bits per heavy atom. The van der Waals surface area contributed by atoms with Crippen molar-refractivity contribution in [2.45, 2.75) is 58.5 Å². The van der Waals surface area contributed by atoms with Gasteiger partial charge in [0.15, 0.2) is 0 Å². The van der Waals surface area contributed by atoms with Crippen molar-refractivity contribution < 1.29 is 0 Å². The maximum Gasteiger partial charge on any atom is 0.0252 e. The van der Waals surface area contributed by atoms with Crippen molar-refractivity contribution in [3.63, 3.8) is 0 Å². The molecule has 0 saturated carbocycles. The third kappa shape index (κ3) is 3.58. The van der Waals surface area contributed by atoms with Gasteiger partial charge in [-0.1, -0.05) is 26.0 Å². The highest BCUT2D eigenvalue weighted by molar-refractivity contribution is 4.96. The molecule has 0 spiro atoms. The van der Waals surface area contributed by atoms with E-state index in [2.05, 4.69) is 50.1 Å². The van der Waals surface area contributed by atoms with Crippen LogP contribution in [0.3, 0.4) is 0 Å². The molecule has 1 N–H and O–H groups in total. The summed E-state index contributed by atoms with van der Waals surface area (Å²) in [6.45, 7) is 13.0. The molecule has 2 aliphatic rings. The first kappa shape index (κ1) is 14.1. The molecule has 1 fully saturated rings. The molecule has 104 valence electrons. The minimum atomic E-state index is 0.274. The first-order chi connectivity index (χ1) is 8.48. The Kier molecular flexibility index (Phi) is 4.50. The fourth-order valence-electron chi connectivity index (χ4n) is 3.40. The van der Waals surface area contributed by atoms with E-state index in [9.17, 15) is 0 Å². The molecule has 2 unspecified atom stereocenters. The average molecular weight is 250 g/mol. The third-order valence-corrected chi connectivity index (χ3v) is 4.50. The summed E-state index contributed by atoms with van der Waals surface area (Å²) in [7, 11) is 0. The first-order valence-electron chi connectivity index (χ1n) is 7.62. The molecule has 2 rings (SSSR count). The van der Waals surface area contributed by atoms with Crippen LogP contribution in [-0.2, 0) is 0 Å². The Bertz CT molecular complexity index is 293. The van der Waals surface area contributed by atoms with Crippen LogP contribution in [0.2, 0.25) is 0 Å². The Morgan fingerprint density at radius 2 is 2.11 bits per heavy atom. The molecule has 0 amide bonds. The highest BCUT2D eigenvalue weighted by Crippen LogP contribution is 2.25. The Hall–Kier alpha value is -0.340. The van der Waals surface area contributed by atoms with Crippen molar-refractivity contribution in [1.29, 1.82) is 0 Å². The fourth-order valence-corrected chi connectivity index (χ4v) is 3.40. The van der Waals surface area contributed by atoms with Crippen LogP contribution in [0, 0.1) is 11.8 Å². The minimum Gasteiger partial charge on any atom is -0.309 e. The second kappa shape index (κ2) is 5.75. The van der Waals surface area contributed by atoms with Gasteiger partial charge >= 0.3 is 0 Å². The lowest BCUT2D eigenvalue weighted by Gasteiger charge is -2.47. The van der Waals surface area contributed by atoms with E-state index in [-0.39, 0.29) is 5.54 Å². The molecule has 2 atom stereocenters. The van der Waals surface area contributed by atoms with Gasteiger partial charge in [0.1, 0.15) is 0 Å². The van der Waals surface area contributed by atoms with Gasteiger partial charge < -0.3 is 5.32 Å². The van der Waals surface area contributed by atoms with E-state index < -0.39 is 0 Å². The Balaban J connectivity index is 1.98.